The molecule has 0 spiro atoms. The van der Waals surface area contributed by atoms with Crippen molar-refractivity contribution in [1.82, 2.24) is 0 Å². The van der Waals surface area contributed by atoms with Crippen molar-refractivity contribution < 1.29 is 68.3 Å². The lowest BCUT2D eigenvalue weighted by Crippen LogP contribution is -2.31. The Bertz CT molecular complexity index is 2340. The summed E-state index contributed by atoms with van der Waals surface area (Å²) in [6.07, 6.45) is 0. The van der Waals surface area contributed by atoms with Gasteiger partial charge < -0.3 is 49.1 Å². The van der Waals surface area contributed by atoms with Gasteiger partial charge in [0.1, 0.15) is 23.0 Å². The zero-order chi connectivity index (χ0) is 38.6. The number of nitrogens with zero attached hydrogens (tertiary/aromatic N) is 2. The van der Waals surface area contributed by atoms with Crippen LogP contribution in [0, 0.1) is 0 Å². The number of imide groups is 2. The molecule has 5 aromatic carbocycles. The van der Waals surface area contributed by atoms with Gasteiger partial charge in [-0.25, -0.2) is 9.80 Å². The van der Waals surface area contributed by atoms with Gasteiger partial charge in [0.15, 0.2) is 0 Å². The molecule has 0 aliphatic carbocycles. The van der Waals surface area contributed by atoms with Crippen LogP contribution in [-0.4, -0.2) is 47.5 Å². The number of fused-ring (bicyclic) bond motifs is 2. The Hall–Kier alpha value is -8.14. The summed E-state index contributed by atoms with van der Waals surface area (Å²) in [4.78, 5) is 100. The van der Waals surface area contributed by atoms with Crippen LogP contribution in [0.1, 0.15) is 82.9 Å². The number of hydrogen-bond acceptors (Lipinski definition) is 14. The van der Waals surface area contributed by atoms with E-state index in [0.717, 1.165) is 36.4 Å². The molecule has 7 rings (SSSR count). The van der Waals surface area contributed by atoms with Gasteiger partial charge in [-0.3, -0.25) is 19.2 Å². The third-order valence-corrected chi connectivity index (χ3v) is 8.29. The third-order valence-electron chi connectivity index (χ3n) is 8.29. The molecule has 266 valence electrons. The SMILES string of the molecule is O=C([O-])c1cc(C(=O)[O-])cc(N2C(=O)c3ccc(Oc4cccc(Oc5ccc6c(c5)C(=O)N(c5cc(C(=O)[O-])cc(C(=O)[O-])c5)C6=O)c4)cc3C2=O)c1. The number of carboxylic acid groups (broad SMARTS) is 4. The Balaban J connectivity index is 1.10. The molecule has 54 heavy (non-hydrogen) atoms. The van der Waals surface area contributed by atoms with Gasteiger partial charge in [-0.05, 0) is 107 Å². The van der Waals surface area contributed by atoms with Gasteiger partial charge in [0.25, 0.3) is 23.6 Å². The molecule has 0 saturated heterocycles. The van der Waals surface area contributed by atoms with Crippen LogP contribution in [0.2, 0.25) is 0 Å². The van der Waals surface area contributed by atoms with Gasteiger partial charge in [-0.2, -0.15) is 0 Å². The molecule has 0 saturated carbocycles. The fourth-order valence-electron chi connectivity index (χ4n) is 5.86. The number of rotatable bonds is 10. The van der Waals surface area contributed by atoms with Crippen molar-refractivity contribution in [3.63, 3.8) is 0 Å². The number of amides is 4. The Kier molecular flexibility index (Phi) is 8.18. The van der Waals surface area contributed by atoms with Crippen LogP contribution in [0.5, 0.6) is 23.0 Å². The zero-order valence-corrected chi connectivity index (χ0v) is 26.8. The number of carboxylic acids is 4. The second-order valence-corrected chi connectivity index (χ2v) is 11.7. The highest BCUT2D eigenvalue weighted by molar-refractivity contribution is 6.35. The van der Waals surface area contributed by atoms with Gasteiger partial charge in [-0.1, -0.05) is 6.07 Å². The summed E-state index contributed by atoms with van der Waals surface area (Å²) in [6, 6.07) is 19.2. The third kappa shape index (κ3) is 6.00. The van der Waals surface area contributed by atoms with Gasteiger partial charge in [-0.15, -0.1) is 0 Å². The van der Waals surface area contributed by atoms with E-state index in [2.05, 4.69) is 0 Å². The summed E-state index contributed by atoms with van der Waals surface area (Å²) in [6.45, 7) is 0. The molecule has 16 heteroatoms. The van der Waals surface area contributed by atoms with Crippen LogP contribution >= 0.6 is 0 Å². The molecule has 0 aromatic heterocycles. The van der Waals surface area contributed by atoms with Crippen LogP contribution in [0.4, 0.5) is 11.4 Å². The molecule has 2 aliphatic heterocycles. The first-order chi connectivity index (χ1) is 25.7. The average molecular weight is 725 g/mol. The first-order valence-electron chi connectivity index (χ1n) is 15.4. The number of aromatic carboxylic acids is 4. The van der Waals surface area contributed by atoms with Crippen molar-refractivity contribution >= 4 is 58.9 Å². The molecule has 0 atom stereocenters. The Morgan fingerprint density at radius 2 is 0.704 bits per heavy atom. The highest BCUT2D eigenvalue weighted by Gasteiger charge is 2.39. The fourth-order valence-corrected chi connectivity index (χ4v) is 5.86. The number of anilines is 2. The summed E-state index contributed by atoms with van der Waals surface area (Å²) in [7, 11) is 0. The maximum atomic E-state index is 13.3. The molecule has 5 aromatic rings. The van der Waals surface area contributed by atoms with Gasteiger partial charge in [0.2, 0.25) is 0 Å². The molecule has 0 bridgehead atoms. The molecular weight excluding hydrogens is 708 g/mol. The minimum absolute atomic E-state index is 0.0626. The van der Waals surface area contributed by atoms with E-state index >= 15 is 0 Å². The van der Waals surface area contributed by atoms with Crippen molar-refractivity contribution in [2.24, 2.45) is 0 Å². The van der Waals surface area contributed by atoms with E-state index in [1.54, 1.807) is 6.07 Å². The van der Waals surface area contributed by atoms with Crippen molar-refractivity contribution in [3.8, 4) is 23.0 Å². The van der Waals surface area contributed by atoms with E-state index < -0.39 is 69.8 Å². The zero-order valence-electron chi connectivity index (χ0n) is 26.8. The van der Waals surface area contributed by atoms with Crippen molar-refractivity contribution in [2.75, 3.05) is 9.80 Å². The van der Waals surface area contributed by atoms with Crippen LogP contribution in [0.25, 0.3) is 0 Å². The molecular formula is C38H16N2O14-4. The van der Waals surface area contributed by atoms with Gasteiger partial charge in [0.05, 0.1) is 57.5 Å². The van der Waals surface area contributed by atoms with Gasteiger partial charge in [0, 0.05) is 6.07 Å². The fraction of sp³-hybridized carbons (Fsp3) is 0. The molecule has 2 heterocycles. The average Bonchev–Trinajstić information content (AvgIpc) is 3.54. The number of benzene rings is 5. The lowest BCUT2D eigenvalue weighted by Gasteiger charge is -2.17. The largest absolute Gasteiger partial charge is 0.545 e. The maximum Gasteiger partial charge on any atom is 0.266 e. The summed E-state index contributed by atoms with van der Waals surface area (Å²) >= 11 is 0. The van der Waals surface area contributed by atoms with Crippen molar-refractivity contribution in [3.05, 3.63) is 142 Å². The topological polar surface area (TPSA) is 254 Å². The van der Waals surface area contributed by atoms with E-state index in [4.69, 9.17) is 9.47 Å². The Morgan fingerprint density at radius 1 is 0.389 bits per heavy atom. The highest BCUT2D eigenvalue weighted by atomic mass is 16.5. The Labute approximate surface area is 301 Å². The Morgan fingerprint density at radius 3 is 1.04 bits per heavy atom. The van der Waals surface area contributed by atoms with E-state index in [1.807, 2.05) is 0 Å². The highest BCUT2D eigenvalue weighted by Crippen LogP contribution is 2.36. The second-order valence-electron chi connectivity index (χ2n) is 11.7. The quantitative estimate of drug-likeness (QED) is 0.176. The predicted molar refractivity (Wildman–Crippen MR) is 172 cm³/mol. The van der Waals surface area contributed by atoms with Gasteiger partial charge >= 0.3 is 0 Å². The summed E-state index contributed by atoms with van der Waals surface area (Å²) in [5, 5.41) is 45.8. The smallest absolute Gasteiger partial charge is 0.266 e. The second kappa shape index (κ2) is 12.9. The maximum absolute atomic E-state index is 13.3. The van der Waals surface area contributed by atoms with Crippen LogP contribution in [-0.2, 0) is 0 Å². The molecule has 16 nitrogen and oxygen atoms in total. The summed E-state index contributed by atoms with van der Waals surface area (Å²) < 4.78 is 11.8. The predicted octanol–water partition coefficient (Wildman–Crippen LogP) is 0.326. The summed E-state index contributed by atoms with van der Waals surface area (Å²) in [5.41, 5.74) is -3.37. The minimum Gasteiger partial charge on any atom is -0.545 e. The molecule has 0 unspecified atom stereocenters. The lowest BCUT2D eigenvalue weighted by atomic mass is 10.1. The van der Waals surface area contributed by atoms with Crippen molar-refractivity contribution in [2.45, 2.75) is 0 Å². The molecule has 4 amide bonds. The van der Waals surface area contributed by atoms with Crippen molar-refractivity contribution in [1.29, 1.82) is 0 Å². The summed E-state index contributed by atoms with van der Waals surface area (Å²) in [5.74, 6) is -9.83. The normalized spacial score (nSPS) is 13.1. The number of carbonyl (C=O) groups is 8. The minimum atomic E-state index is -1.74. The number of hydrogen-bond donors (Lipinski definition) is 0. The van der Waals surface area contributed by atoms with E-state index in [1.165, 1.54) is 54.6 Å². The molecule has 0 radical (unpaired) electrons. The monoisotopic (exact) mass is 724 g/mol. The number of carbonyl (C=O) groups excluding carboxylic acids is 8. The molecule has 0 N–H and O–H groups in total. The number of ether oxygens (including phenoxy) is 2. The van der Waals surface area contributed by atoms with E-state index in [9.17, 15) is 58.8 Å². The van der Waals surface area contributed by atoms with Crippen LogP contribution in [0.15, 0.2) is 97.1 Å². The lowest BCUT2D eigenvalue weighted by molar-refractivity contribution is -0.257. The van der Waals surface area contributed by atoms with Crippen LogP contribution < -0.4 is 39.7 Å². The first-order valence-corrected chi connectivity index (χ1v) is 15.4. The molecule has 2 aliphatic rings. The molecule has 0 fully saturated rings. The van der Waals surface area contributed by atoms with E-state index in [0.29, 0.717) is 9.80 Å². The standard InChI is InChI=1S/C38H20N2O14/c41-31-27-6-4-25(15-29(27)33(43)39(31)21-10-17(35(45)46)8-18(11-21)36(47)48)53-23-2-1-3-24(14-23)54-26-5-7-28-30(16-26)34(44)40(32(28)42)22-12-19(37(49)50)9-20(13-22)38(51)52/h1-16H,(H,45,46)(H,47,48)(H,49,50)(H,51,52)/p-4. The van der Waals surface area contributed by atoms with Crippen LogP contribution in [0.3, 0.4) is 0 Å². The van der Waals surface area contributed by atoms with E-state index in [-0.39, 0.29) is 56.6 Å². The first kappa shape index (κ1) is 34.3.